The fourth-order valence-corrected chi connectivity index (χ4v) is 2.50. The Labute approximate surface area is 122 Å². The zero-order valence-corrected chi connectivity index (χ0v) is 12.0. The number of nitrogens with one attached hydrogen (secondary N) is 1. The highest BCUT2D eigenvalue weighted by atomic mass is 16.3. The van der Waals surface area contributed by atoms with Crippen molar-refractivity contribution in [3.8, 4) is 11.3 Å². The maximum absolute atomic E-state index is 11.7. The number of aromatic nitrogens is 1. The Kier molecular flexibility index (Phi) is 3.73. The van der Waals surface area contributed by atoms with Crippen molar-refractivity contribution in [2.24, 2.45) is 5.92 Å². The fourth-order valence-electron chi connectivity index (χ4n) is 2.50. The molecule has 1 amide bonds. The molecule has 0 saturated heterocycles. The number of fused-ring (bicyclic) bond motifs is 1. The van der Waals surface area contributed by atoms with Crippen LogP contribution in [0.4, 0.5) is 0 Å². The van der Waals surface area contributed by atoms with Crippen LogP contribution in [-0.2, 0) is 11.2 Å². The second-order valence-corrected chi connectivity index (χ2v) is 5.52. The molecule has 2 aliphatic carbocycles. The summed E-state index contributed by atoms with van der Waals surface area (Å²) >= 11 is 0. The van der Waals surface area contributed by atoms with Crippen molar-refractivity contribution in [3.05, 3.63) is 40.0 Å². The molecule has 5 heteroatoms. The van der Waals surface area contributed by atoms with Gasteiger partial charge in [-0.1, -0.05) is 6.42 Å². The van der Waals surface area contributed by atoms with E-state index >= 15 is 0 Å². The molecule has 1 heterocycles. The zero-order chi connectivity index (χ0) is 14.8. The second kappa shape index (κ2) is 5.68. The van der Waals surface area contributed by atoms with Crippen LogP contribution >= 0.6 is 0 Å². The summed E-state index contributed by atoms with van der Waals surface area (Å²) in [6, 6.07) is 4.71. The van der Waals surface area contributed by atoms with E-state index < -0.39 is 0 Å². The monoisotopic (exact) mass is 286 g/mol. The topological polar surface area (TPSA) is 72.2 Å². The van der Waals surface area contributed by atoms with E-state index in [2.05, 4.69) is 10.3 Å². The van der Waals surface area contributed by atoms with Gasteiger partial charge in [-0.25, -0.2) is 4.98 Å². The van der Waals surface area contributed by atoms with Crippen LogP contribution in [0.25, 0.3) is 11.3 Å². The van der Waals surface area contributed by atoms with Gasteiger partial charge in [0.25, 0.3) is 0 Å². The van der Waals surface area contributed by atoms with Gasteiger partial charge in [0.15, 0.2) is 11.3 Å². The maximum atomic E-state index is 11.7. The molecular formula is C16H18N2O3. The lowest BCUT2D eigenvalue weighted by atomic mass is 9.85. The van der Waals surface area contributed by atoms with Gasteiger partial charge in [-0.15, -0.1) is 0 Å². The third-order valence-corrected chi connectivity index (χ3v) is 3.98. The number of rotatable bonds is 4. The van der Waals surface area contributed by atoms with Crippen LogP contribution < -0.4 is 10.7 Å². The van der Waals surface area contributed by atoms with Gasteiger partial charge >= 0.3 is 0 Å². The first-order valence-corrected chi connectivity index (χ1v) is 7.31. The summed E-state index contributed by atoms with van der Waals surface area (Å²) in [6.45, 7) is 2.40. The van der Waals surface area contributed by atoms with Crippen molar-refractivity contribution in [1.29, 1.82) is 0 Å². The third-order valence-electron chi connectivity index (χ3n) is 3.98. The number of aryl methyl sites for hydroxylation is 1. The third kappa shape index (κ3) is 2.96. The number of nitrogens with zero attached hydrogens (tertiary/aromatic N) is 1. The van der Waals surface area contributed by atoms with E-state index in [0.717, 1.165) is 30.5 Å². The summed E-state index contributed by atoms with van der Waals surface area (Å²) in [5, 5.41) is 2.91. The normalized spacial score (nSPS) is 14.9. The van der Waals surface area contributed by atoms with Crippen molar-refractivity contribution in [2.75, 3.05) is 6.54 Å². The standard InChI is InChI=1S/C16H18N2O3/c1-10-13-6-5-12(19)9-14(13)21-15(18-10)7-8-17-16(20)11-3-2-4-11/h5-6,9,11H,2-4,7-8H2,1H3,(H,17,20). The van der Waals surface area contributed by atoms with E-state index in [4.69, 9.17) is 4.42 Å². The van der Waals surface area contributed by atoms with E-state index in [1.807, 2.05) is 6.92 Å². The van der Waals surface area contributed by atoms with E-state index in [0.29, 0.717) is 24.6 Å². The van der Waals surface area contributed by atoms with Crippen molar-refractivity contribution in [1.82, 2.24) is 10.3 Å². The Hall–Kier alpha value is -2.17. The molecule has 0 bridgehead atoms. The minimum Gasteiger partial charge on any atom is -0.442 e. The van der Waals surface area contributed by atoms with Gasteiger partial charge in [0, 0.05) is 30.5 Å². The predicted molar refractivity (Wildman–Crippen MR) is 78.2 cm³/mol. The summed E-state index contributed by atoms with van der Waals surface area (Å²) in [5.41, 5.74) is 1.59. The molecule has 1 aliphatic heterocycles. The SMILES string of the molecule is Cc1nc(CCNC(=O)C2CCC2)oc2cc(=O)ccc1-2. The van der Waals surface area contributed by atoms with Gasteiger partial charge in [-0.3, -0.25) is 9.59 Å². The van der Waals surface area contributed by atoms with E-state index in [-0.39, 0.29) is 17.3 Å². The van der Waals surface area contributed by atoms with Gasteiger partial charge in [0.2, 0.25) is 5.91 Å². The highest BCUT2D eigenvalue weighted by Gasteiger charge is 2.24. The van der Waals surface area contributed by atoms with E-state index in [1.54, 1.807) is 6.07 Å². The number of hydrogen-bond donors (Lipinski definition) is 1. The molecule has 3 rings (SSSR count). The molecule has 110 valence electrons. The van der Waals surface area contributed by atoms with Crippen LogP contribution in [0.3, 0.4) is 0 Å². The second-order valence-electron chi connectivity index (χ2n) is 5.52. The first-order valence-electron chi connectivity index (χ1n) is 7.31. The predicted octanol–water partition coefficient (Wildman–Crippen LogP) is 1.91. The molecule has 0 atom stereocenters. The van der Waals surface area contributed by atoms with Crippen LogP contribution in [0, 0.1) is 12.8 Å². The molecule has 0 aromatic rings. The first kappa shape index (κ1) is 13.8. The summed E-state index contributed by atoms with van der Waals surface area (Å²) in [6.07, 6.45) is 3.67. The number of benzene rings is 1. The molecule has 0 unspecified atom stereocenters. The molecule has 0 aromatic heterocycles. The minimum atomic E-state index is -0.0823. The Morgan fingerprint density at radius 3 is 2.95 bits per heavy atom. The van der Waals surface area contributed by atoms with Crippen molar-refractivity contribution >= 4 is 5.91 Å². The number of hydrogen-bond acceptors (Lipinski definition) is 4. The van der Waals surface area contributed by atoms with Crippen LogP contribution in [0.1, 0.15) is 30.8 Å². The molecule has 1 saturated carbocycles. The highest BCUT2D eigenvalue weighted by molar-refractivity contribution is 5.79. The van der Waals surface area contributed by atoms with Crippen LogP contribution in [0.2, 0.25) is 0 Å². The lowest BCUT2D eigenvalue weighted by molar-refractivity contribution is -0.127. The average molecular weight is 286 g/mol. The van der Waals surface area contributed by atoms with Crippen molar-refractivity contribution < 1.29 is 9.21 Å². The van der Waals surface area contributed by atoms with Crippen LogP contribution in [0.5, 0.6) is 0 Å². The Balaban J connectivity index is 1.68. The molecule has 21 heavy (non-hydrogen) atoms. The smallest absolute Gasteiger partial charge is 0.223 e. The minimum absolute atomic E-state index is 0.0823. The molecular weight excluding hydrogens is 268 g/mol. The quantitative estimate of drug-likeness (QED) is 0.932. The summed E-state index contributed by atoms with van der Waals surface area (Å²) < 4.78 is 5.64. The van der Waals surface area contributed by atoms with Crippen LogP contribution in [-0.4, -0.2) is 17.4 Å². The molecule has 0 spiro atoms. The largest absolute Gasteiger partial charge is 0.442 e. The van der Waals surface area contributed by atoms with Gasteiger partial charge < -0.3 is 9.73 Å². The van der Waals surface area contributed by atoms with Crippen LogP contribution in [0.15, 0.2) is 27.4 Å². The maximum Gasteiger partial charge on any atom is 0.223 e. The zero-order valence-electron chi connectivity index (χ0n) is 12.0. The van der Waals surface area contributed by atoms with Gasteiger partial charge in [0.05, 0.1) is 5.69 Å². The highest BCUT2D eigenvalue weighted by Crippen LogP contribution is 2.26. The average Bonchev–Trinajstić information content (AvgIpc) is 2.36. The van der Waals surface area contributed by atoms with Gasteiger partial charge in [-0.2, -0.15) is 0 Å². The lowest BCUT2D eigenvalue weighted by Gasteiger charge is -2.23. The van der Waals surface area contributed by atoms with Crippen molar-refractivity contribution in [2.45, 2.75) is 32.6 Å². The Morgan fingerprint density at radius 1 is 1.43 bits per heavy atom. The van der Waals surface area contributed by atoms with Gasteiger partial charge in [-0.05, 0) is 31.9 Å². The number of carbonyl (C=O) groups is 1. The first-order chi connectivity index (χ1) is 10.1. The number of carbonyl (C=O) groups excluding carboxylic acids is 1. The summed E-state index contributed by atoms with van der Waals surface area (Å²) in [4.78, 5) is 27.5. The number of amides is 1. The van der Waals surface area contributed by atoms with Crippen molar-refractivity contribution in [3.63, 3.8) is 0 Å². The molecule has 1 fully saturated rings. The Morgan fingerprint density at radius 2 is 2.24 bits per heavy atom. The van der Waals surface area contributed by atoms with E-state index in [1.165, 1.54) is 12.1 Å². The molecule has 1 N–H and O–H groups in total. The van der Waals surface area contributed by atoms with E-state index in [9.17, 15) is 9.59 Å². The molecule has 0 radical (unpaired) electrons. The summed E-state index contributed by atoms with van der Waals surface area (Å²) in [7, 11) is 0. The molecule has 0 aromatic carbocycles. The molecule has 3 aliphatic rings. The lowest BCUT2D eigenvalue weighted by Crippen LogP contribution is -2.35. The molecule has 5 nitrogen and oxygen atoms in total. The summed E-state index contributed by atoms with van der Waals surface area (Å²) in [5.74, 6) is 1.41. The fraction of sp³-hybridized carbons (Fsp3) is 0.438. The van der Waals surface area contributed by atoms with Gasteiger partial charge in [0.1, 0.15) is 5.76 Å². The Bertz CT molecular complexity index is 688.